The van der Waals surface area contributed by atoms with Crippen LogP contribution in [-0.4, -0.2) is 11.7 Å². The summed E-state index contributed by atoms with van der Waals surface area (Å²) in [7, 11) is 0. The normalized spacial score (nSPS) is 62.6. The standard InChI is InChI=1S/C21H34O/c1-4-21-18(22-21)13-17-15-9-8-14-7-5-6-11-19(14,2)16(15)10-12-20(17,21)3/h14-18H,4-13H2,1-3H3/t14?,15-,16+,17+,18?,19+,20+,21-/m1/s1. The molecule has 0 spiro atoms. The maximum atomic E-state index is 6.27. The Morgan fingerprint density at radius 1 is 0.955 bits per heavy atom. The summed E-state index contributed by atoms with van der Waals surface area (Å²) in [6, 6.07) is 0. The predicted molar refractivity (Wildman–Crippen MR) is 89.6 cm³/mol. The third-order valence-corrected chi connectivity index (χ3v) is 9.75. The minimum Gasteiger partial charge on any atom is -0.365 e. The summed E-state index contributed by atoms with van der Waals surface area (Å²) in [5.41, 5.74) is 1.49. The quantitative estimate of drug-likeness (QED) is 0.576. The molecule has 0 aromatic carbocycles. The van der Waals surface area contributed by atoms with Gasteiger partial charge in [-0.15, -0.1) is 0 Å². The third-order valence-electron chi connectivity index (χ3n) is 9.75. The smallest absolute Gasteiger partial charge is 0.100 e. The summed E-state index contributed by atoms with van der Waals surface area (Å²) in [5, 5.41) is 0. The van der Waals surface area contributed by atoms with E-state index in [1.54, 1.807) is 0 Å². The molecule has 4 saturated carbocycles. The average Bonchev–Trinajstić information content (AvgIpc) is 3.18. The van der Waals surface area contributed by atoms with E-state index in [9.17, 15) is 0 Å². The molecule has 0 radical (unpaired) electrons. The van der Waals surface area contributed by atoms with Crippen molar-refractivity contribution in [3.63, 3.8) is 0 Å². The molecule has 4 aliphatic carbocycles. The topological polar surface area (TPSA) is 12.5 Å². The van der Waals surface area contributed by atoms with Crippen LogP contribution in [0.5, 0.6) is 0 Å². The first-order chi connectivity index (χ1) is 10.6. The Morgan fingerprint density at radius 3 is 2.64 bits per heavy atom. The molecule has 5 rings (SSSR count). The van der Waals surface area contributed by atoms with Crippen molar-refractivity contribution >= 4 is 0 Å². The molecule has 124 valence electrons. The highest BCUT2D eigenvalue weighted by Crippen LogP contribution is 2.74. The molecule has 22 heavy (non-hydrogen) atoms. The van der Waals surface area contributed by atoms with E-state index in [0.717, 1.165) is 23.7 Å². The van der Waals surface area contributed by atoms with Crippen LogP contribution in [0.15, 0.2) is 0 Å². The summed E-state index contributed by atoms with van der Waals surface area (Å²) >= 11 is 0. The lowest BCUT2D eigenvalue weighted by Crippen LogP contribution is -2.54. The van der Waals surface area contributed by atoms with Crippen LogP contribution in [0.2, 0.25) is 0 Å². The number of fused-ring (bicyclic) bond motifs is 7. The zero-order valence-corrected chi connectivity index (χ0v) is 14.9. The van der Waals surface area contributed by atoms with Crippen LogP contribution in [0.3, 0.4) is 0 Å². The Hall–Kier alpha value is -0.0400. The van der Waals surface area contributed by atoms with Crippen molar-refractivity contribution in [2.75, 3.05) is 0 Å². The van der Waals surface area contributed by atoms with Crippen LogP contribution in [0.4, 0.5) is 0 Å². The second-order valence-electron chi connectivity index (χ2n) is 9.94. The maximum absolute atomic E-state index is 6.27. The first-order valence-electron chi connectivity index (χ1n) is 10.2. The Balaban J connectivity index is 1.48. The van der Waals surface area contributed by atoms with Gasteiger partial charge < -0.3 is 4.74 Å². The Bertz CT molecular complexity index is 480. The summed E-state index contributed by atoms with van der Waals surface area (Å²) in [5.74, 6) is 4.10. The van der Waals surface area contributed by atoms with E-state index in [2.05, 4.69) is 20.8 Å². The Kier molecular flexibility index (Phi) is 2.81. The molecule has 1 saturated heterocycles. The lowest BCUT2D eigenvalue weighted by molar-refractivity contribution is -0.130. The molecule has 0 N–H and O–H groups in total. The number of epoxide rings is 1. The minimum atomic E-state index is 0.299. The van der Waals surface area contributed by atoms with Crippen molar-refractivity contribution < 1.29 is 4.74 Å². The molecule has 1 aliphatic heterocycles. The van der Waals surface area contributed by atoms with Gasteiger partial charge in [0.25, 0.3) is 0 Å². The van der Waals surface area contributed by atoms with Gasteiger partial charge >= 0.3 is 0 Å². The van der Waals surface area contributed by atoms with E-state index in [1.165, 1.54) is 64.2 Å². The minimum absolute atomic E-state index is 0.299. The van der Waals surface area contributed by atoms with Crippen LogP contribution in [0.1, 0.15) is 85.0 Å². The van der Waals surface area contributed by atoms with Crippen LogP contribution in [0.25, 0.3) is 0 Å². The van der Waals surface area contributed by atoms with E-state index in [1.807, 2.05) is 0 Å². The van der Waals surface area contributed by atoms with Gasteiger partial charge in [0.2, 0.25) is 0 Å². The number of hydrogen-bond acceptors (Lipinski definition) is 1. The molecule has 1 heterocycles. The zero-order valence-electron chi connectivity index (χ0n) is 14.9. The van der Waals surface area contributed by atoms with Gasteiger partial charge in [0.1, 0.15) is 5.60 Å². The molecule has 0 amide bonds. The fraction of sp³-hybridized carbons (Fsp3) is 1.00. The highest BCUT2D eigenvalue weighted by molar-refractivity contribution is 5.24. The molecular formula is C21H34O. The van der Waals surface area contributed by atoms with Crippen molar-refractivity contribution in [3.05, 3.63) is 0 Å². The molecule has 5 fully saturated rings. The van der Waals surface area contributed by atoms with Crippen LogP contribution in [0, 0.1) is 34.5 Å². The van der Waals surface area contributed by atoms with Gasteiger partial charge in [-0.05, 0) is 80.5 Å². The van der Waals surface area contributed by atoms with Gasteiger partial charge in [0, 0.05) is 5.41 Å². The van der Waals surface area contributed by atoms with Gasteiger partial charge in [-0.3, -0.25) is 0 Å². The molecule has 0 aromatic heterocycles. The predicted octanol–water partition coefficient (Wildman–Crippen LogP) is 5.58. The van der Waals surface area contributed by atoms with E-state index < -0.39 is 0 Å². The second kappa shape index (κ2) is 4.32. The molecule has 0 bridgehead atoms. The largest absolute Gasteiger partial charge is 0.365 e. The van der Waals surface area contributed by atoms with Gasteiger partial charge in [-0.25, -0.2) is 0 Å². The van der Waals surface area contributed by atoms with Crippen LogP contribution >= 0.6 is 0 Å². The van der Waals surface area contributed by atoms with Gasteiger partial charge in [-0.2, -0.15) is 0 Å². The fourth-order valence-corrected chi connectivity index (χ4v) is 8.48. The second-order valence-corrected chi connectivity index (χ2v) is 9.94. The average molecular weight is 303 g/mol. The summed E-state index contributed by atoms with van der Waals surface area (Å²) < 4.78 is 6.27. The van der Waals surface area contributed by atoms with Crippen molar-refractivity contribution in [2.45, 2.75) is 96.7 Å². The van der Waals surface area contributed by atoms with Crippen molar-refractivity contribution in [3.8, 4) is 0 Å². The molecule has 5 aliphatic rings. The van der Waals surface area contributed by atoms with Crippen molar-refractivity contribution in [2.24, 2.45) is 34.5 Å². The monoisotopic (exact) mass is 302 g/mol. The van der Waals surface area contributed by atoms with Gasteiger partial charge in [0.05, 0.1) is 6.10 Å². The van der Waals surface area contributed by atoms with Crippen LogP contribution in [-0.2, 0) is 4.74 Å². The summed E-state index contributed by atoms with van der Waals surface area (Å²) in [6.45, 7) is 7.68. The van der Waals surface area contributed by atoms with Gasteiger partial charge in [-0.1, -0.05) is 33.6 Å². The summed E-state index contributed by atoms with van der Waals surface area (Å²) in [6.07, 6.45) is 15.4. The summed E-state index contributed by atoms with van der Waals surface area (Å²) in [4.78, 5) is 0. The third kappa shape index (κ3) is 1.47. The van der Waals surface area contributed by atoms with Gasteiger partial charge in [0.15, 0.2) is 0 Å². The van der Waals surface area contributed by atoms with E-state index >= 15 is 0 Å². The van der Waals surface area contributed by atoms with Crippen LogP contribution < -0.4 is 0 Å². The highest BCUT2D eigenvalue weighted by atomic mass is 16.6. The molecular weight excluding hydrogens is 268 g/mol. The fourth-order valence-electron chi connectivity index (χ4n) is 8.48. The lowest BCUT2D eigenvalue weighted by Gasteiger charge is -2.61. The SMILES string of the molecule is CC[C@@]12OC1C[C@H]1[C@@H]3CCC4CCCC[C@]4(C)[C@H]3CC[C@@]12C. The lowest BCUT2D eigenvalue weighted by atomic mass is 9.44. The maximum Gasteiger partial charge on any atom is 0.100 e. The molecule has 2 unspecified atom stereocenters. The molecule has 1 nitrogen and oxygen atoms in total. The molecule has 0 aromatic rings. The number of hydrogen-bond donors (Lipinski definition) is 0. The molecule has 1 heteroatoms. The number of rotatable bonds is 1. The van der Waals surface area contributed by atoms with Crippen molar-refractivity contribution in [1.29, 1.82) is 0 Å². The first kappa shape index (κ1) is 14.3. The zero-order chi connectivity index (χ0) is 15.2. The van der Waals surface area contributed by atoms with E-state index in [0.29, 0.717) is 22.5 Å². The van der Waals surface area contributed by atoms with E-state index in [4.69, 9.17) is 4.74 Å². The molecule has 8 atom stereocenters. The Morgan fingerprint density at radius 2 is 1.82 bits per heavy atom. The number of ether oxygens (including phenoxy) is 1. The Labute approximate surface area is 136 Å². The first-order valence-corrected chi connectivity index (χ1v) is 10.2. The van der Waals surface area contributed by atoms with Crippen molar-refractivity contribution in [1.82, 2.24) is 0 Å². The van der Waals surface area contributed by atoms with E-state index in [-0.39, 0.29) is 0 Å². The highest BCUT2D eigenvalue weighted by Gasteiger charge is 2.76.